The van der Waals surface area contributed by atoms with Gasteiger partial charge in [0.15, 0.2) is 0 Å². The van der Waals surface area contributed by atoms with E-state index in [4.69, 9.17) is 0 Å². The Balaban J connectivity index is 1.31. The van der Waals surface area contributed by atoms with E-state index in [0.717, 1.165) is 0 Å². The molecule has 0 amide bonds. The molecule has 0 saturated heterocycles. The Morgan fingerprint density at radius 2 is 0.846 bits per heavy atom. The number of halogens is 1. The first-order chi connectivity index (χ1) is 19.3. The monoisotopic (exact) mass is 609 g/mol. The minimum atomic E-state index is -0.107. The zero-order valence-electron chi connectivity index (χ0n) is 21.0. The molecule has 3 heteroatoms. The molecule has 3 heterocycles. The van der Waals surface area contributed by atoms with Gasteiger partial charge in [0.25, 0.3) is 0 Å². The second-order valence-corrected chi connectivity index (χ2v) is 13.0. The van der Waals surface area contributed by atoms with E-state index >= 15 is 0 Å². The quantitative estimate of drug-likeness (QED) is 0.213. The summed E-state index contributed by atoms with van der Waals surface area (Å²) in [5.74, 6) is 0. The maximum absolute atomic E-state index is 2.44. The summed E-state index contributed by atoms with van der Waals surface area (Å²) in [6.07, 6.45) is 0. The molecule has 0 aliphatic carbocycles. The second kappa shape index (κ2) is 8.08. The molecule has 0 fully saturated rings. The van der Waals surface area contributed by atoms with Crippen LogP contribution in [0.5, 0.6) is 0 Å². The molecule has 8 aromatic rings. The van der Waals surface area contributed by atoms with E-state index in [9.17, 15) is 0 Å². The van der Waals surface area contributed by atoms with Crippen LogP contribution in [0, 0.1) is 7.14 Å². The first-order valence-electron chi connectivity index (χ1n) is 13.3. The van der Waals surface area contributed by atoms with Gasteiger partial charge in [-0.05, 0) is 0 Å². The Bertz CT molecular complexity index is 2210. The van der Waals surface area contributed by atoms with Crippen LogP contribution in [-0.4, -0.2) is 9.13 Å². The number of benzene rings is 6. The first kappa shape index (κ1) is 21.6. The molecule has 2 nitrogen and oxygen atoms in total. The van der Waals surface area contributed by atoms with Gasteiger partial charge in [-0.3, -0.25) is 0 Å². The average molecular weight is 609 g/mol. The zero-order valence-corrected chi connectivity index (χ0v) is 23.1. The number of nitrogens with zero attached hydrogens (tertiary/aromatic N) is 2. The average Bonchev–Trinajstić information content (AvgIpc) is 3.64. The Morgan fingerprint density at radius 1 is 0.359 bits per heavy atom. The summed E-state index contributed by atoms with van der Waals surface area (Å²) in [5, 5.41) is 5.13. The van der Waals surface area contributed by atoms with Crippen LogP contribution in [0.1, 0.15) is 0 Å². The number of rotatable bonds is 2. The molecule has 0 atom stereocenters. The first-order valence-corrected chi connectivity index (χ1v) is 15.4. The molecule has 0 N–H and O–H groups in total. The summed E-state index contributed by atoms with van der Waals surface area (Å²) in [5.41, 5.74) is 10.2. The van der Waals surface area contributed by atoms with E-state index in [1.165, 1.54) is 73.3 Å². The van der Waals surface area contributed by atoms with Gasteiger partial charge in [-0.1, -0.05) is 36.4 Å². The van der Waals surface area contributed by atoms with Crippen molar-refractivity contribution in [3.63, 3.8) is 0 Å². The molecule has 6 aromatic carbocycles. The van der Waals surface area contributed by atoms with Crippen molar-refractivity contribution in [1.29, 1.82) is 0 Å². The summed E-state index contributed by atoms with van der Waals surface area (Å²) in [7, 11) is 0. The zero-order chi connectivity index (χ0) is 25.5. The van der Waals surface area contributed by atoms with Crippen LogP contribution in [0.2, 0.25) is 0 Å². The van der Waals surface area contributed by atoms with Gasteiger partial charge in [-0.25, -0.2) is 0 Å². The van der Waals surface area contributed by atoms with Crippen LogP contribution in [-0.2, 0) is 0 Å². The Morgan fingerprint density at radius 3 is 1.54 bits per heavy atom. The van der Waals surface area contributed by atoms with Gasteiger partial charge in [0.05, 0.1) is 0 Å². The topological polar surface area (TPSA) is 9.86 Å². The Kier molecular flexibility index (Phi) is 4.47. The van der Waals surface area contributed by atoms with E-state index < -0.39 is 0 Å². The molecule has 9 rings (SSSR count). The summed E-state index contributed by atoms with van der Waals surface area (Å²) in [6.45, 7) is 0. The van der Waals surface area contributed by atoms with Crippen molar-refractivity contribution < 1.29 is 21.2 Å². The van der Waals surface area contributed by atoms with Crippen molar-refractivity contribution in [2.24, 2.45) is 0 Å². The van der Waals surface area contributed by atoms with Gasteiger partial charge >= 0.3 is 201 Å². The SMILES string of the molecule is c1ccc2c(c1)[I-]c1ccc(-n3c4ccccc4c4cc(-n5c6ccccc6c6ccccc65)ccc43)cc1-2. The standard InChI is InChI=1S/C36H22IN2/c1-5-13-31-25(9-1)29-21-23(17-19-32(29)37-31)39-35-16-8-4-12-28(35)30-22-24(18-20-36(30)39)38-33-14-6-2-10-26(33)27-11-3-7-15-34(27)38/h1-22H/q-1. The van der Waals surface area contributed by atoms with Crippen molar-refractivity contribution in [1.82, 2.24) is 9.13 Å². The molecular weight excluding hydrogens is 587 g/mol. The molecule has 1 aliphatic heterocycles. The molecule has 1 aliphatic rings. The molecule has 2 aromatic heterocycles. The molecule has 0 radical (unpaired) electrons. The van der Waals surface area contributed by atoms with Gasteiger partial charge in [0, 0.05) is 0 Å². The van der Waals surface area contributed by atoms with Crippen LogP contribution < -0.4 is 21.2 Å². The van der Waals surface area contributed by atoms with E-state index in [0.29, 0.717) is 0 Å². The van der Waals surface area contributed by atoms with E-state index in [1.807, 2.05) is 0 Å². The van der Waals surface area contributed by atoms with E-state index in [1.54, 1.807) is 0 Å². The fraction of sp³-hybridized carbons (Fsp3) is 0. The number of hydrogen-bond acceptors (Lipinski definition) is 0. The van der Waals surface area contributed by atoms with E-state index in [-0.39, 0.29) is 21.2 Å². The van der Waals surface area contributed by atoms with Crippen LogP contribution in [0.4, 0.5) is 0 Å². The van der Waals surface area contributed by atoms with Crippen molar-refractivity contribution in [3.05, 3.63) is 141 Å². The number of hydrogen-bond donors (Lipinski definition) is 0. The summed E-state index contributed by atoms with van der Waals surface area (Å²) in [4.78, 5) is 0. The van der Waals surface area contributed by atoms with Gasteiger partial charge in [-0.2, -0.15) is 0 Å². The third kappa shape index (κ3) is 3.02. The number of aromatic nitrogens is 2. The normalized spacial score (nSPS) is 12.7. The molecule has 0 saturated carbocycles. The molecule has 39 heavy (non-hydrogen) atoms. The summed E-state index contributed by atoms with van der Waals surface area (Å²) in [6, 6.07) is 49.3. The Hall–Kier alpha value is -4.35. The second-order valence-electron chi connectivity index (χ2n) is 10.2. The van der Waals surface area contributed by atoms with Crippen molar-refractivity contribution >= 4 is 43.6 Å². The van der Waals surface area contributed by atoms with Crippen LogP contribution in [0.15, 0.2) is 133 Å². The van der Waals surface area contributed by atoms with Crippen molar-refractivity contribution in [3.8, 4) is 22.5 Å². The van der Waals surface area contributed by atoms with Gasteiger partial charge < -0.3 is 0 Å². The van der Waals surface area contributed by atoms with Crippen molar-refractivity contribution in [2.45, 2.75) is 0 Å². The maximum atomic E-state index is 2.44. The van der Waals surface area contributed by atoms with Crippen LogP contribution in [0.25, 0.3) is 66.1 Å². The molecule has 0 bridgehead atoms. The molecule has 0 unspecified atom stereocenters. The predicted molar refractivity (Wildman–Crippen MR) is 158 cm³/mol. The summed E-state index contributed by atoms with van der Waals surface area (Å²) >= 11 is -0.107. The van der Waals surface area contributed by atoms with E-state index in [2.05, 4.69) is 143 Å². The van der Waals surface area contributed by atoms with Crippen LogP contribution in [0.3, 0.4) is 0 Å². The van der Waals surface area contributed by atoms with Crippen molar-refractivity contribution in [2.75, 3.05) is 0 Å². The Labute approximate surface area is 236 Å². The molecule has 0 spiro atoms. The van der Waals surface area contributed by atoms with Gasteiger partial charge in [0.2, 0.25) is 0 Å². The number of para-hydroxylation sites is 3. The van der Waals surface area contributed by atoms with Crippen LogP contribution >= 0.6 is 0 Å². The molecular formula is C36H22IN2-. The third-order valence-corrected chi connectivity index (χ3v) is 11.1. The summed E-state index contributed by atoms with van der Waals surface area (Å²) < 4.78 is 7.90. The van der Waals surface area contributed by atoms with Gasteiger partial charge in [-0.15, -0.1) is 0 Å². The third-order valence-electron chi connectivity index (χ3n) is 8.07. The molecule has 184 valence electrons. The number of fused-ring (bicyclic) bond motifs is 9. The predicted octanol–water partition coefficient (Wildman–Crippen LogP) is 5.99. The minimum absolute atomic E-state index is 0.107. The fourth-order valence-electron chi connectivity index (χ4n) is 6.39. The fourth-order valence-corrected chi connectivity index (χ4v) is 9.26. The van der Waals surface area contributed by atoms with Gasteiger partial charge in [0.1, 0.15) is 0 Å².